The number of halogens is 1. The maximum atomic E-state index is 12.8. The van der Waals surface area contributed by atoms with Crippen molar-refractivity contribution in [2.24, 2.45) is 5.73 Å². The van der Waals surface area contributed by atoms with E-state index in [4.69, 9.17) is 15.2 Å². The Morgan fingerprint density at radius 2 is 1.90 bits per heavy atom. The molecule has 3 rings (SSSR count). The van der Waals surface area contributed by atoms with Crippen LogP contribution in [-0.2, 0) is 11.3 Å². The lowest BCUT2D eigenvalue weighted by Crippen LogP contribution is -2.51. The van der Waals surface area contributed by atoms with Crippen molar-refractivity contribution in [2.75, 3.05) is 20.8 Å². The van der Waals surface area contributed by atoms with Crippen molar-refractivity contribution in [3.05, 3.63) is 28.8 Å². The smallest absolute Gasteiger partial charge is 0.261 e. The van der Waals surface area contributed by atoms with Crippen molar-refractivity contribution < 1.29 is 14.3 Å². The van der Waals surface area contributed by atoms with Crippen LogP contribution in [0.1, 0.15) is 38.5 Å². The number of aryl methyl sites for hydroxylation is 1. The minimum atomic E-state index is -0.242. The fraction of sp³-hybridized carbons (Fsp3) is 0.550. The van der Waals surface area contributed by atoms with E-state index in [0.717, 1.165) is 25.7 Å². The Morgan fingerprint density at radius 1 is 1.24 bits per heavy atom. The number of rotatable bonds is 8. The molecule has 0 bridgehead atoms. The molecule has 0 spiro atoms. The molecule has 9 heteroatoms. The zero-order valence-corrected chi connectivity index (χ0v) is 17.7. The molecule has 0 aliphatic heterocycles. The van der Waals surface area contributed by atoms with Crippen molar-refractivity contribution in [3.63, 3.8) is 0 Å². The summed E-state index contributed by atoms with van der Waals surface area (Å²) in [5, 5.41) is 3.56. The third-order valence-corrected chi connectivity index (χ3v) is 5.49. The second-order valence-corrected chi connectivity index (χ2v) is 7.31. The number of carbonyl (C=O) groups is 1. The summed E-state index contributed by atoms with van der Waals surface area (Å²) >= 11 is 0. The van der Waals surface area contributed by atoms with Crippen LogP contribution in [0.3, 0.4) is 0 Å². The van der Waals surface area contributed by atoms with Crippen LogP contribution >= 0.6 is 12.4 Å². The van der Waals surface area contributed by atoms with Crippen LogP contribution in [0.5, 0.6) is 11.5 Å². The minimum Gasteiger partial charge on any atom is -0.493 e. The third-order valence-electron chi connectivity index (χ3n) is 5.49. The predicted octanol–water partition coefficient (Wildman–Crippen LogP) is 2.00. The van der Waals surface area contributed by atoms with Gasteiger partial charge in [-0.15, -0.1) is 12.4 Å². The molecule has 0 radical (unpaired) electrons. The number of methoxy groups -OCH3 is 2. The van der Waals surface area contributed by atoms with E-state index >= 15 is 0 Å². The molecule has 2 aromatic rings. The first-order valence-corrected chi connectivity index (χ1v) is 9.64. The Hall–Kier alpha value is -2.32. The average molecular weight is 425 g/mol. The number of ether oxygens (including phenoxy) is 2. The van der Waals surface area contributed by atoms with Gasteiger partial charge in [0.15, 0.2) is 11.5 Å². The molecule has 1 heterocycles. The van der Waals surface area contributed by atoms with Crippen molar-refractivity contribution >= 4 is 29.2 Å². The van der Waals surface area contributed by atoms with Crippen LogP contribution in [0.15, 0.2) is 23.3 Å². The summed E-state index contributed by atoms with van der Waals surface area (Å²) in [5.74, 6) is 0.993. The molecular weight excluding hydrogens is 396 g/mol. The first-order chi connectivity index (χ1) is 13.5. The second-order valence-electron chi connectivity index (χ2n) is 7.31. The van der Waals surface area contributed by atoms with E-state index in [1.807, 2.05) is 0 Å². The lowest BCUT2D eigenvalue weighted by molar-refractivity contribution is -0.123. The van der Waals surface area contributed by atoms with Gasteiger partial charge in [0.1, 0.15) is 0 Å². The number of hydrogen-bond donors (Lipinski definition) is 2. The van der Waals surface area contributed by atoms with E-state index in [0.29, 0.717) is 48.3 Å². The van der Waals surface area contributed by atoms with E-state index in [2.05, 4.69) is 10.3 Å². The molecule has 3 N–H and O–H groups in total. The Bertz CT molecular complexity index is 909. The molecule has 1 aromatic heterocycles. The number of aromatic nitrogens is 2. The molecule has 1 amide bonds. The van der Waals surface area contributed by atoms with Crippen molar-refractivity contribution in [2.45, 2.75) is 50.6 Å². The number of nitrogens with one attached hydrogen (secondary N) is 1. The summed E-state index contributed by atoms with van der Waals surface area (Å²) in [5.41, 5.74) is 6.00. The SMILES string of the molecule is COc1cc2ncn(CCCC(=O)NC3(CN)CCCC3)c(=O)c2cc1OC.Cl. The van der Waals surface area contributed by atoms with E-state index in [1.54, 1.807) is 12.1 Å². The van der Waals surface area contributed by atoms with Crippen LogP contribution < -0.4 is 26.1 Å². The van der Waals surface area contributed by atoms with Gasteiger partial charge in [-0.3, -0.25) is 14.2 Å². The van der Waals surface area contributed by atoms with E-state index in [9.17, 15) is 9.59 Å². The highest BCUT2D eigenvalue weighted by atomic mass is 35.5. The molecule has 0 unspecified atom stereocenters. The lowest BCUT2D eigenvalue weighted by Gasteiger charge is -2.28. The summed E-state index contributed by atoms with van der Waals surface area (Å²) in [7, 11) is 3.06. The molecule has 0 atom stereocenters. The number of hydrogen-bond acceptors (Lipinski definition) is 6. The topological polar surface area (TPSA) is 108 Å². The van der Waals surface area contributed by atoms with Gasteiger partial charge in [-0.25, -0.2) is 4.98 Å². The fourth-order valence-corrected chi connectivity index (χ4v) is 3.84. The fourth-order valence-electron chi connectivity index (χ4n) is 3.84. The number of fused-ring (bicyclic) bond motifs is 1. The maximum Gasteiger partial charge on any atom is 0.261 e. The van der Waals surface area contributed by atoms with Gasteiger partial charge in [0.05, 0.1) is 37.0 Å². The van der Waals surface area contributed by atoms with Gasteiger partial charge < -0.3 is 20.5 Å². The Balaban J connectivity index is 0.00000300. The highest BCUT2D eigenvalue weighted by Crippen LogP contribution is 2.30. The molecule has 8 nitrogen and oxygen atoms in total. The van der Waals surface area contributed by atoms with Crippen molar-refractivity contribution in [3.8, 4) is 11.5 Å². The second kappa shape index (κ2) is 9.93. The maximum absolute atomic E-state index is 12.8. The molecule has 1 saturated carbocycles. The standard InChI is InChI=1S/C20H28N4O4.ClH/c1-27-16-10-14-15(11-17(16)28-2)22-13-24(19(14)26)9-5-6-18(25)23-20(12-21)7-3-4-8-20;/h10-11,13H,3-9,12,21H2,1-2H3,(H,23,25);1H. The normalized spacial score (nSPS) is 15.0. The largest absolute Gasteiger partial charge is 0.493 e. The molecule has 1 aliphatic rings. The number of nitrogens with two attached hydrogens (primary N) is 1. The zero-order chi connectivity index (χ0) is 20.1. The zero-order valence-electron chi connectivity index (χ0n) is 16.9. The van der Waals surface area contributed by atoms with Gasteiger partial charge >= 0.3 is 0 Å². The van der Waals surface area contributed by atoms with Crippen molar-refractivity contribution in [1.29, 1.82) is 0 Å². The van der Waals surface area contributed by atoms with Crippen molar-refractivity contribution in [1.82, 2.24) is 14.9 Å². The van der Waals surface area contributed by atoms with E-state index < -0.39 is 0 Å². The molecule has 160 valence electrons. The molecule has 1 fully saturated rings. The Morgan fingerprint density at radius 3 is 2.52 bits per heavy atom. The van der Waals surface area contributed by atoms with Crippen LogP contribution in [0.4, 0.5) is 0 Å². The summed E-state index contributed by atoms with van der Waals surface area (Å²) < 4.78 is 12.0. The van der Waals surface area contributed by atoms with Crippen LogP contribution in [-0.4, -0.2) is 41.8 Å². The Labute approximate surface area is 176 Å². The molecular formula is C20H29ClN4O4. The van der Waals surface area contributed by atoms with Gasteiger partial charge in [-0.05, 0) is 25.3 Å². The summed E-state index contributed by atoms with van der Waals surface area (Å²) in [4.78, 5) is 29.4. The van der Waals surface area contributed by atoms with Gasteiger partial charge in [-0.1, -0.05) is 12.8 Å². The van der Waals surface area contributed by atoms with E-state index in [-0.39, 0.29) is 29.4 Å². The number of carbonyl (C=O) groups excluding carboxylic acids is 1. The quantitative estimate of drug-likeness (QED) is 0.670. The number of benzene rings is 1. The summed E-state index contributed by atoms with van der Waals surface area (Å²) in [6.45, 7) is 0.886. The van der Waals surface area contributed by atoms with Crippen LogP contribution in [0.25, 0.3) is 10.9 Å². The summed E-state index contributed by atoms with van der Waals surface area (Å²) in [6.07, 6.45) is 6.48. The van der Waals surface area contributed by atoms with Crippen LogP contribution in [0, 0.1) is 0 Å². The van der Waals surface area contributed by atoms with E-state index in [1.165, 1.54) is 25.1 Å². The molecule has 29 heavy (non-hydrogen) atoms. The first-order valence-electron chi connectivity index (χ1n) is 9.64. The van der Waals surface area contributed by atoms with Gasteiger partial charge in [0.2, 0.25) is 5.91 Å². The third kappa shape index (κ3) is 5.00. The molecule has 0 saturated heterocycles. The summed E-state index contributed by atoms with van der Waals surface area (Å²) in [6, 6.07) is 3.32. The van der Waals surface area contributed by atoms with Gasteiger partial charge in [0.25, 0.3) is 5.56 Å². The minimum absolute atomic E-state index is 0. The van der Waals surface area contributed by atoms with Gasteiger partial charge in [0, 0.05) is 25.6 Å². The average Bonchev–Trinajstić information content (AvgIpc) is 3.17. The number of amides is 1. The first kappa shape index (κ1) is 23.0. The molecule has 1 aromatic carbocycles. The number of nitrogens with zero attached hydrogens (tertiary/aromatic N) is 2. The lowest BCUT2D eigenvalue weighted by atomic mass is 9.97. The predicted molar refractivity (Wildman–Crippen MR) is 114 cm³/mol. The monoisotopic (exact) mass is 424 g/mol. The highest BCUT2D eigenvalue weighted by molar-refractivity contribution is 5.85. The molecule has 1 aliphatic carbocycles. The van der Waals surface area contributed by atoms with Gasteiger partial charge in [-0.2, -0.15) is 0 Å². The highest BCUT2D eigenvalue weighted by Gasteiger charge is 2.33. The Kier molecular flexibility index (Phi) is 7.87. The van der Waals surface area contributed by atoms with Crippen LogP contribution in [0.2, 0.25) is 0 Å².